The zero-order valence-electron chi connectivity index (χ0n) is 16.3. The molecule has 2 atom stereocenters. The van der Waals surface area contributed by atoms with Gasteiger partial charge in [0.15, 0.2) is 0 Å². The fraction of sp³-hybridized carbons (Fsp3) is 0.526. The van der Waals surface area contributed by atoms with Gasteiger partial charge in [0.1, 0.15) is 23.3 Å². The zero-order chi connectivity index (χ0) is 20.5. The van der Waals surface area contributed by atoms with E-state index >= 15 is 0 Å². The van der Waals surface area contributed by atoms with Crippen LogP contribution in [0.4, 0.5) is 10.1 Å². The van der Waals surface area contributed by atoms with Crippen LogP contribution < -0.4 is 16.4 Å². The number of piperidine rings is 1. The maximum Gasteiger partial charge on any atom is 0.145 e. The lowest BCUT2D eigenvalue weighted by molar-refractivity contribution is 0.0976. The molecule has 4 rings (SSSR count). The van der Waals surface area contributed by atoms with E-state index in [1.165, 1.54) is 6.07 Å². The van der Waals surface area contributed by atoms with Gasteiger partial charge < -0.3 is 30.9 Å². The van der Waals surface area contributed by atoms with Crippen molar-refractivity contribution in [2.24, 2.45) is 16.5 Å². The van der Waals surface area contributed by atoms with E-state index in [9.17, 15) is 4.39 Å². The zero-order valence-corrected chi connectivity index (χ0v) is 17.9. The van der Waals surface area contributed by atoms with Gasteiger partial charge >= 0.3 is 0 Å². The summed E-state index contributed by atoms with van der Waals surface area (Å²) in [5, 5.41) is 0.0560. The van der Waals surface area contributed by atoms with Gasteiger partial charge in [0.05, 0.1) is 22.9 Å². The fourth-order valence-corrected chi connectivity index (χ4v) is 5.37. The molecule has 7 nitrogen and oxygen atoms in total. The van der Waals surface area contributed by atoms with Crippen LogP contribution in [0, 0.1) is 5.82 Å². The van der Waals surface area contributed by atoms with Gasteiger partial charge in [-0.05, 0) is 31.0 Å². The minimum Gasteiger partial charge on any atom is -0.383 e. The van der Waals surface area contributed by atoms with Crippen molar-refractivity contribution in [1.82, 2.24) is 9.80 Å². The van der Waals surface area contributed by atoms with Crippen molar-refractivity contribution >= 4 is 35.4 Å². The minimum atomic E-state index is -0.460. The Balaban J connectivity index is 1.48. The number of benzene rings is 1. The van der Waals surface area contributed by atoms with Crippen LogP contribution in [0.3, 0.4) is 0 Å². The molecular formula is C19H26ClFN6OS. The molecule has 0 saturated carbocycles. The molecule has 158 valence electrons. The van der Waals surface area contributed by atoms with Gasteiger partial charge in [-0.1, -0.05) is 23.4 Å². The number of methoxy groups -OCH3 is 1. The van der Waals surface area contributed by atoms with Crippen LogP contribution in [-0.4, -0.2) is 67.2 Å². The van der Waals surface area contributed by atoms with Gasteiger partial charge in [-0.15, -0.1) is 0 Å². The number of anilines is 1. The highest BCUT2D eigenvalue weighted by Crippen LogP contribution is 2.43. The van der Waals surface area contributed by atoms with Crippen molar-refractivity contribution < 1.29 is 9.13 Å². The molecular weight excluding hydrogens is 415 g/mol. The Kier molecular flexibility index (Phi) is 6.33. The molecule has 0 bridgehead atoms. The molecule has 3 heterocycles. The molecule has 0 amide bonds. The number of hydrogen-bond acceptors (Lipinski definition) is 8. The molecule has 1 saturated heterocycles. The summed E-state index contributed by atoms with van der Waals surface area (Å²) >= 11 is 7.48. The van der Waals surface area contributed by atoms with Crippen LogP contribution in [0.2, 0.25) is 5.02 Å². The predicted octanol–water partition coefficient (Wildman–Crippen LogP) is 2.18. The lowest BCUT2D eigenvalue weighted by atomic mass is 10.0. The lowest BCUT2D eigenvalue weighted by Gasteiger charge is -2.40. The summed E-state index contributed by atoms with van der Waals surface area (Å²) in [5.74, 6) is 0.396. The average molecular weight is 441 g/mol. The molecule has 0 spiro atoms. The van der Waals surface area contributed by atoms with Crippen LogP contribution >= 0.6 is 23.4 Å². The largest absolute Gasteiger partial charge is 0.383 e. The fourth-order valence-electron chi connectivity index (χ4n) is 4.03. The molecule has 4 N–H and O–H groups in total. The summed E-state index contributed by atoms with van der Waals surface area (Å²) in [6.07, 6.45) is 3.30. The van der Waals surface area contributed by atoms with E-state index in [-0.39, 0.29) is 10.5 Å². The van der Waals surface area contributed by atoms with Gasteiger partial charge in [-0.3, -0.25) is 0 Å². The van der Waals surface area contributed by atoms with Crippen molar-refractivity contribution in [3.8, 4) is 0 Å². The maximum atomic E-state index is 13.5. The first-order valence-electron chi connectivity index (χ1n) is 9.69. The molecule has 0 radical (unpaired) electrons. The summed E-state index contributed by atoms with van der Waals surface area (Å²) in [6.45, 7) is 3.73. The van der Waals surface area contributed by atoms with Crippen LogP contribution in [0.15, 0.2) is 33.9 Å². The van der Waals surface area contributed by atoms with Gasteiger partial charge in [0.2, 0.25) is 0 Å². The van der Waals surface area contributed by atoms with E-state index < -0.39 is 12.0 Å². The standard InChI is InChI=1S/C19H26ClFN6OS/c1-28-9-8-25-6-4-12(5-7-25)27-18-16(29-19(27)23)17(22)26(11-24-18)13-2-3-15(21)14(20)10-13/h2-3,10-12,17,19H,4-9,22-23H2,1H3. The molecule has 10 heteroatoms. The highest BCUT2D eigenvalue weighted by atomic mass is 35.5. The van der Waals surface area contributed by atoms with Crippen LogP contribution in [0.1, 0.15) is 12.8 Å². The van der Waals surface area contributed by atoms with Crippen molar-refractivity contribution in [3.05, 3.63) is 39.8 Å². The Morgan fingerprint density at radius 3 is 2.76 bits per heavy atom. The second-order valence-corrected chi connectivity index (χ2v) is 8.93. The highest BCUT2D eigenvalue weighted by Gasteiger charge is 2.41. The maximum absolute atomic E-state index is 13.5. The van der Waals surface area contributed by atoms with E-state index in [2.05, 4.69) is 14.8 Å². The summed E-state index contributed by atoms with van der Waals surface area (Å²) in [4.78, 5) is 12.0. The number of rotatable bonds is 5. The van der Waals surface area contributed by atoms with Gasteiger partial charge in [-0.25, -0.2) is 9.38 Å². The van der Waals surface area contributed by atoms with Gasteiger partial charge in [0, 0.05) is 38.5 Å². The minimum absolute atomic E-state index is 0.0560. The smallest absolute Gasteiger partial charge is 0.145 e. The molecule has 0 aliphatic carbocycles. The van der Waals surface area contributed by atoms with Crippen molar-refractivity contribution in [2.45, 2.75) is 30.5 Å². The monoisotopic (exact) mass is 440 g/mol. The van der Waals surface area contributed by atoms with Crippen molar-refractivity contribution in [3.63, 3.8) is 0 Å². The summed E-state index contributed by atoms with van der Waals surface area (Å²) in [7, 11) is 1.73. The molecule has 3 aliphatic rings. The lowest BCUT2D eigenvalue weighted by Crippen LogP contribution is -2.49. The number of nitrogens with zero attached hydrogens (tertiary/aromatic N) is 4. The first-order valence-corrected chi connectivity index (χ1v) is 10.9. The first kappa shape index (κ1) is 20.9. The molecule has 2 unspecified atom stereocenters. The van der Waals surface area contributed by atoms with Crippen LogP contribution in [0.5, 0.6) is 0 Å². The SMILES string of the molecule is COCCN1CCC(N2C3=C(SC2N)C(N)N(c2ccc(F)c(Cl)c2)C=N3)CC1. The highest BCUT2D eigenvalue weighted by molar-refractivity contribution is 8.03. The van der Waals surface area contributed by atoms with Gasteiger partial charge in [-0.2, -0.15) is 0 Å². The summed E-state index contributed by atoms with van der Waals surface area (Å²) in [6, 6.07) is 4.87. The van der Waals surface area contributed by atoms with Crippen LogP contribution in [-0.2, 0) is 4.74 Å². The normalized spacial score (nSPS) is 25.8. The number of thioether (sulfide) groups is 1. The predicted molar refractivity (Wildman–Crippen MR) is 116 cm³/mol. The van der Waals surface area contributed by atoms with E-state index in [0.717, 1.165) is 49.8 Å². The number of hydrogen-bond donors (Lipinski definition) is 2. The Bertz CT molecular complexity index is 816. The van der Waals surface area contributed by atoms with Gasteiger partial charge in [0.25, 0.3) is 0 Å². The molecule has 29 heavy (non-hydrogen) atoms. The van der Waals surface area contributed by atoms with Crippen molar-refractivity contribution in [2.75, 3.05) is 38.3 Å². The Labute approximate surface area is 179 Å². The number of aliphatic imine (C=N–C) groups is 1. The number of ether oxygens (including phenoxy) is 1. The quantitative estimate of drug-likeness (QED) is 0.726. The number of halogens is 2. The molecule has 1 aromatic carbocycles. The van der Waals surface area contributed by atoms with Crippen LogP contribution in [0.25, 0.3) is 0 Å². The van der Waals surface area contributed by atoms with Crippen molar-refractivity contribution in [1.29, 1.82) is 0 Å². The summed E-state index contributed by atoms with van der Waals surface area (Å²) < 4.78 is 18.7. The molecule has 0 aromatic heterocycles. The number of likely N-dealkylation sites (tertiary alicyclic amines) is 1. The topological polar surface area (TPSA) is 83.3 Å². The molecule has 3 aliphatic heterocycles. The van der Waals surface area contributed by atoms with E-state index in [1.54, 1.807) is 42.2 Å². The third kappa shape index (κ3) is 4.12. The Hall–Kier alpha value is -1.36. The Morgan fingerprint density at radius 2 is 2.07 bits per heavy atom. The van der Waals surface area contributed by atoms with E-state index in [4.69, 9.17) is 27.8 Å². The molecule has 1 fully saturated rings. The third-order valence-electron chi connectivity index (χ3n) is 5.62. The third-order valence-corrected chi connectivity index (χ3v) is 7.06. The summed E-state index contributed by atoms with van der Waals surface area (Å²) in [5.41, 5.74) is 13.5. The second-order valence-electron chi connectivity index (χ2n) is 7.36. The average Bonchev–Trinajstić information content (AvgIpc) is 3.06. The van der Waals surface area contributed by atoms with E-state index in [1.807, 2.05) is 0 Å². The molecule has 1 aromatic rings. The van der Waals surface area contributed by atoms with E-state index in [0.29, 0.717) is 11.7 Å². The second kappa shape index (κ2) is 8.79. The first-order chi connectivity index (χ1) is 14.0. The number of nitrogens with two attached hydrogens (primary N) is 2. The Morgan fingerprint density at radius 1 is 1.31 bits per heavy atom.